The van der Waals surface area contributed by atoms with Gasteiger partial charge in [0.1, 0.15) is 11.6 Å². The van der Waals surface area contributed by atoms with Crippen LogP contribution >= 0.6 is 0 Å². The molecule has 0 N–H and O–H groups in total. The van der Waals surface area contributed by atoms with Crippen LogP contribution in [-0.2, 0) is 0 Å². The second-order valence-corrected chi connectivity index (χ2v) is 8.52. The molecule has 5 rings (SSSR count). The van der Waals surface area contributed by atoms with Gasteiger partial charge in [-0.15, -0.1) is 0 Å². The van der Waals surface area contributed by atoms with Crippen molar-refractivity contribution in [2.24, 2.45) is 0 Å². The minimum absolute atomic E-state index is 0.00337. The molecule has 1 aromatic heterocycles. The number of aromatic nitrogens is 2. The summed E-state index contributed by atoms with van der Waals surface area (Å²) < 4.78 is 7.14. The van der Waals surface area contributed by atoms with Crippen LogP contribution in [0.25, 0.3) is 16.6 Å². The van der Waals surface area contributed by atoms with Crippen LogP contribution in [0.4, 0.5) is 0 Å². The molecule has 1 atom stereocenters. The SMILES string of the molecule is CCOc1ccc([C@H]2CCCN2C(=O)c2ccc(-n3c(C)nc4ccccc4c3=O)cc2)cc1. The second kappa shape index (κ2) is 9.14. The molecule has 1 fully saturated rings. The van der Waals surface area contributed by atoms with E-state index in [1.165, 1.54) is 0 Å². The van der Waals surface area contributed by atoms with Gasteiger partial charge in [0.15, 0.2) is 0 Å². The number of hydrogen-bond donors (Lipinski definition) is 0. The molecule has 0 unspecified atom stereocenters. The number of carbonyl (C=O) groups is 1. The van der Waals surface area contributed by atoms with Gasteiger partial charge < -0.3 is 9.64 Å². The van der Waals surface area contributed by atoms with Crippen molar-refractivity contribution in [3.8, 4) is 11.4 Å². The van der Waals surface area contributed by atoms with Gasteiger partial charge in [-0.2, -0.15) is 0 Å². The van der Waals surface area contributed by atoms with Crippen LogP contribution in [-0.4, -0.2) is 33.5 Å². The van der Waals surface area contributed by atoms with Crippen LogP contribution in [0.5, 0.6) is 5.75 Å². The Morgan fingerprint density at radius 2 is 1.76 bits per heavy atom. The number of benzene rings is 3. The third kappa shape index (κ3) is 3.96. The van der Waals surface area contributed by atoms with Gasteiger partial charge in [0.05, 0.1) is 29.2 Å². The Labute approximate surface area is 198 Å². The van der Waals surface area contributed by atoms with Crippen LogP contribution in [0.1, 0.15) is 47.6 Å². The highest BCUT2D eigenvalue weighted by atomic mass is 16.5. The Kier molecular flexibility index (Phi) is 5.88. The van der Waals surface area contributed by atoms with Gasteiger partial charge in [-0.3, -0.25) is 14.2 Å². The zero-order chi connectivity index (χ0) is 23.7. The predicted octanol–water partition coefficient (Wildman–Crippen LogP) is 5.07. The molecule has 34 heavy (non-hydrogen) atoms. The predicted molar refractivity (Wildman–Crippen MR) is 133 cm³/mol. The van der Waals surface area contributed by atoms with E-state index in [0.29, 0.717) is 34.6 Å². The summed E-state index contributed by atoms with van der Waals surface area (Å²) in [6.45, 7) is 5.14. The van der Waals surface area contributed by atoms with Crippen molar-refractivity contribution in [2.45, 2.75) is 32.7 Å². The molecule has 172 valence electrons. The molecule has 0 aliphatic carbocycles. The Bertz CT molecular complexity index is 1390. The second-order valence-electron chi connectivity index (χ2n) is 8.52. The number of hydrogen-bond acceptors (Lipinski definition) is 4. The normalized spacial score (nSPS) is 15.6. The van der Waals surface area contributed by atoms with Crippen molar-refractivity contribution in [2.75, 3.05) is 13.2 Å². The van der Waals surface area contributed by atoms with E-state index in [9.17, 15) is 9.59 Å². The molecule has 3 aromatic carbocycles. The minimum atomic E-state index is -0.114. The first-order valence-electron chi connectivity index (χ1n) is 11.7. The standard InChI is InChI=1S/C28H27N3O3/c1-3-34-23-16-12-20(13-17-23)26-9-6-18-30(26)27(32)21-10-14-22(15-11-21)31-19(2)29-25-8-5-4-7-24(25)28(31)33/h4-5,7-8,10-17,26H,3,6,9,18H2,1-2H3/t26-/m1/s1. The Morgan fingerprint density at radius 1 is 1.03 bits per heavy atom. The number of carbonyl (C=O) groups excluding carboxylic acids is 1. The van der Waals surface area contributed by atoms with Gasteiger partial charge in [0.2, 0.25) is 0 Å². The van der Waals surface area contributed by atoms with E-state index in [-0.39, 0.29) is 17.5 Å². The molecule has 1 saturated heterocycles. The Balaban J connectivity index is 1.41. The lowest BCUT2D eigenvalue weighted by atomic mass is 10.0. The summed E-state index contributed by atoms with van der Waals surface area (Å²) in [6.07, 6.45) is 1.91. The van der Waals surface area contributed by atoms with Gasteiger partial charge in [-0.05, 0) is 80.8 Å². The van der Waals surface area contributed by atoms with Crippen molar-refractivity contribution in [1.29, 1.82) is 0 Å². The average Bonchev–Trinajstić information content (AvgIpc) is 3.35. The summed E-state index contributed by atoms with van der Waals surface area (Å²) in [5.74, 6) is 1.45. The fraction of sp³-hybridized carbons (Fsp3) is 0.250. The Morgan fingerprint density at radius 3 is 2.50 bits per heavy atom. The van der Waals surface area contributed by atoms with Crippen LogP contribution in [0, 0.1) is 6.92 Å². The topological polar surface area (TPSA) is 64.4 Å². The van der Waals surface area contributed by atoms with Gasteiger partial charge in [0, 0.05) is 12.1 Å². The highest BCUT2D eigenvalue weighted by molar-refractivity contribution is 5.95. The number of para-hydroxylation sites is 1. The number of fused-ring (bicyclic) bond motifs is 1. The lowest BCUT2D eigenvalue weighted by Crippen LogP contribution is -2.30. The number of ether oxygens (including phenoxy) is 1. The first-order chi connectivity index (χ1) is 16.6. The summed E-state index contributed by atoms with van der Waals surface area (Å²) in [4.78, 5) is 33.0. The van der Waals surface area contributed by atoms with E-state index < -0.39 is 0 Å². The molecule has 2 heterocycles. The molecule has 6 nitrogen and oxygen atoms in total. The maximum Gasteiger partial charge on any atom is 0.265 e. The van der Waals surface area contributed by atoms with Crippen LogP contribution in [0.2, 0.25) is 0 Å². The van der Waals surface area contributed by atoms with Crippen molar-refractivity contribution in [3.63, 3.8) is 0 Å². The maximum absolute atomic E-state index is 13.4. The third-order valence-electron chi connectivity index (χ3n) is 6.41. The third-order valence-corrected chi connectivity index (χ3v) is 6.41. The zero-order valence-electron chi connectivity index (χ0n) is 19.4. The van der Waals surface area contributed by atoms with Gasteiger partial charge >= 0.3 is 0 Å². The summed E-state index contributed by atoms with van der Waals surface area (Å²) in [6, 6.07) is 22.6. The van der Waals surface area contributed by atoms with Crippen LogP contribution in [0.15, 0.2) is 77.6 Å². The van der Waals surface area contributed by atoms with Gasteiger partial charge in [0.25, 0.3) is 11.5 Å². The first-order valence-corrected chi connectivity index (χ1v) is 11.7. The highest BCUT2D eigenvalue weighted by Crippen LogP contribution is 2.34. The van der Waals surface area contributed by atoms with Crippen LogP contribution < -0.4 is 10.3 Å². The molecular weight excluding hydrogens is 426 g/mol. The Hall–Kier alpha value is -3.93. The molecule has 4 aromatic rings. The lowest BCUT2D eigenvalue weighted by molar-refractivity contribution is 0.0735. The number of likely N-dealkylation sites (tertiary alicyclic amines) is 1. The molecule has 6 heteroatoms. The molecule has 0 saturated carbocycles. The van der Waals surface area contributed by atoms with Crippen molar-refractivity contribution >= 4 is 16.8 Å². The number of rotatable bonds is 5. The van der Waals surface area contributed by atoms with Crippen molar-refractivity contribution in [3.05, 3.63) is 100 Å². The monoisotopic (exact) mass is 453 g/mol. The molecule has 1 aliphatic rings. The summed E-state index contributed by atoms with van der Waals surface area (Å²) in [5.41, 5.74) is 3.00. The molecule has 0 bridgehead atoms. The van der Waals surface area contributed by atoms with E-state index in [1.54, 1.807) is 22.8 Å². The smallest absolute Gasteiger partial charge is 0.265 e. The minimum Gasteiger partial charge on any atom is -0.494 e. The molecule has 1 aliphatic heterocycles. The van der Waals surface area contributed by atoms with E-state index in [2.05, 4.69) is 4.98 Å². The van der Waals surface area contributed by atoms with Crippen LogP contribution in [0.3, 0.4) is 0 Å². The number of amides is 1. The van der Waals surface area contributed by atoms with E-state index in [0.717, 1.165) is 30.7 Å². The highest BCUT2D eigenvalue weighted by Gasteiger charge is 2.30. The fourth-order valence-corrected chi connectivity index (χ4v) is 4.78. The fourth-order valence-electron chi connectivity index (χ4n) is 4.78. The maximum atomic E-state index is 13.4. The average molecular weight is 454 g/mol. The quantitative estimate of drug-likeness (QED) is 0.423. The van der Waals surface area contributed by atoms with Gasteiger partial charge in [-0.25, -0.2) is 4.98 Å². The molecular formula is C28H27N3O3. The van der Waals surface area contributed by atoms with E-state index in [1.807, 2.05) is 73.3 Å². The van der Waals surface area contributed by atoms with Crippen molar-refractivity contribution < 1.29 is 9.53 Å². The summed E-state index contributed by atoms with van der Waals surface area (Å²) >= 11 is 0. The summed E-state index contributed by atoms with van der Waals surface area (Å²) in [5, 5.41) is 0.573. The lowest BCUT2D eigenvalue weighted by Gasteiger charge is -2.25. The number of aryl methyl sites for hydroxylation is 1. The molecule has 0 radical (unpaired) electrons. The van der Waals surface area contributed by atoms with E-state index >= 15 is 0 Å². The molecule has 0 spiro atoms. The van der Waals surface area contributed by atoms with Crippen molar-refractivity contribution in [1.82, 2.24) is 14.5 Å². The summed E-state index contributed by atoms with van der Waals surface area (Å²) in [7, 11) is 0. The van der Waals surface area contributed by atoms with E-state index in [4.69, 9.17) is 4.74 Å². The zero-order valence-corrected chi connectivity index (χ0v) is 19.4. The van der Waals surface area contributed by atoms with Gasteiger partial charge in [-0.1, -0.05) is 24.3 Å². The largest absolute Gasteiger partial charge is 0.494 e. The molecule has 1 amide bonds. The first kappa shape index (κ1) is 21.9. The number of nitrogens with zero attached hydrogens (tertiary/aromatic N) is 3.